The van der Waals surface area contributed by atoms with Gasteiger partial charge in [-0.2, -0.15) is 9.40 Å². The lowest BCUT2D eigenvalue weighted by molar-refractivity contribution is 0.243. The molecule has 2 aliphatic heterocycles. The lowest BCUT2D eigenvalue weighted by Crippen LogP contribution is -2.31. The van der Waals surface area contributed by atoms with Crippen molar-refractivity contribution in [3.8, 4) is 0 Å². The molecule has 0 radical (unpaired) electrons. The molecule has 1 unspecified atom stereocenters. The summed E-state index contributed by atoms with van der Waals surface area (Å²) in [4.78, 5) is 6.66. The van der Waals surface area contributed by atoms with Crippen LogP contribution in [0.4, 0.5) is 0 Å². The van der Waals surface area contributed by atoms with Gasteiger partial charge in [-0.25, -0.2) is 8.42 Å². The van der Waals surface area contributed by atoms with Crippen molar-refractivity contribution < 1.29 is 8.42 Å². The summed E-state index contributed by atoms with van der Waals surface area (Å²) in [5.74, 6) is 0.119. The highest BCUT2D eigenvalue weighted by Crippen LogP contribution is 2.34. The molecule has 8 heteroatoms. The second-order valence-electron chi connectivity index (χ2n) is 8.05. The number of nitrogens with one attached hydrogen (secondary N) is 1. The molecule has 2 aromatic heterocycles. The SMILES string of the molecule is O=S(=O)(c1cccnc1)N1CCC(c2n[nH]c3c2CN(Cc2ccccc2)CC3)C1. The first-order valence-electron chi connectivity index (χ1n) is 10.3. The van der Waals surface area contributed by atoms with E-state index in [9.17, 15) is 8.42 Å². The minimum atomic E-state index is -3.51. The Hall–Kier alpha value is -2.55. The van der Waals surface area contributed by atoms with Crippen molar-refractivity contribution in [3.63, 3.8) is 0 Å². The number of hydrogen-bond donors (Lipinski definition) is 1. The number of aromatic amines is 1. The Morgan fingerprint density at radius 2 is 1.97 bits per heavy atom. The standard InChI is InChI=1S/C22H25N5O2S/c28-30(29,19-7-4-10-23-13-19)27-12-8-18(15-27)22-20-16-26(11-9-21(20)24-25-22)14-17-5-2-1-3-6-17/h1-7,10,13,18H,8-9,11-12,14-16H2,(H,24,25). The minimum absolute atomic E-state index is 0.119. The number of nitrogens with zero attached hydrogens (tertiary/aromatic N) is 4. The van der Waals surface area contributed by atoms with Crippen molar-refractivity contribution >= 4 is 10.0 Å². The van der Waals surface area contributed by atoms with Crippen molar-refractivity contribution in [1.29, 1.82) is 0 Å². The largest absolute Gasteiger partial charge is 0.294 e. The third kappa shape index (κ3) is 3.66. The van der Waals surface area contributed by atoms with Gasteiger partial charge in [-0.3, -0.25) is 15.0 Å². The maximum Gasteiger partial charge on any atom is 0.244 e. The van der Waals surface area contributed by atoms with Crippen LogP contribution in [0, 0.1) is 0 Å². The average molecular weight is 424 g/mol. The zero-order valence-corrected chi connectivity index (χ0v) is 17.6. The number of benzene rings is 1. The molecular formula is C22H25N5O2S. The Morgan fingerprint density at radius 1 is 1.10 bits per heavy atom. The Bertz CT molecular complexity index is 1110. The fraction of sp³-hybridized carbons (Fsp3) is 0.364. The zero-order valence-electron chi connectivity index (χ0n) is 16.7. The monoisotopic (exact) mass is 423 g/mol. The summed E-state index contributed by atoms with van der Waals surface area (Å²) >= 11 is 0. The predicted molar refractivity (Wildman–Crippen MR) is 113 cm³/mol. The molecule has 4 heterocycles. The minimum Gasteiger partial charge on any atom is -0.294 e. The van der Waals surface area contributed by atoms with Crippen LogP contribution in [0.5, 0.6) is 0 Å². The summed E-state index contributed by atoms with van der Waals surface area (Å²) in [5.41, 5.74) is 4.79. The van der Waals surface area contributed by atoms with Crippen molar-refractivity contribution in [3.05, 3.63) is 77.4 Å². The number of rotatable bonds is 5. The average Bonchev–Trinajstić information content (AvgIpc) is 3.42. The van der Waals surface area contributed by atoms with Gasteiger partial charge >= 0.3 is 0 Å². The van der Waals surface area contributed by atoms with Crippen LogP contribution >= 0.6 is 0 Å². The van der Waals surface area contributed by atoms with Crippen molar-refractivity contribution in [2.45, 2.75) is 36.7 Å². The van der Waals surface area contributed by atoms with Gasteiger partial charge < -0.3 is 0 Å². The van der Waals surface area contributed by atoms with Gasteiger partial charge in [0.2, 0.25) is 10.0 Å². The molecule has 7 nitrogen and oxygen atoms in total. The van der Waals surface area contributed by atoms with Gasteiger partial charge in [0.15, 0.2) is 0 Å². The van der Waals surface area contributed by atoms with E-state index in [2.05, 4.69) is 44.3 Å². The van der Waals surface area contributed by atoms with Gasteiger partial charge in [0.05, 0.1) is 5.69 Å². The first-order valence-corrected chi connectivity index (χ1v) is 11.8. The molecule has 2 aliphatic rings. The molecule has 3 aromatic rings. The van der Waals surface area contributed by atoms with E-state index < -0.39 is 10.0 Å². The van der Waals surface area contributed by atoms with Crippen molar-refractivity contribution in [1.82, 2.24) is 24.4 Å². The highest BCUT2D eigenvalue weighted by molar-refractivity contribution is 7.89. The van der Waals surface area contributed by atoms with E-state index in [0.29, 0.717) is 13.1 Å². The Morgan fingerprint density at radius 3 is 2.77 bits per heavy atom. The Labute approximate surface area is 176 Å². The van der Waals surface area contributed by atoms with Crippen LogP contribution in [0.25, 0.3) is 0 Å². The maximum absolute atomic E-state index is 12.9. The highest BCUT2D eigenvalue weighted by atomic mass is 32.2. The molecule has 0 bridgehead atoms. The smallest absolute Gasteiger partial charge is 0.244 e. The van der Waals surface area contributed by atoms with Crippen LogP contribution in [0.15, 0.2) is 59.8 Å². The molecule has 1 N–H and O–H groups in total. The number of aromatic nitrogens is 3. The van der Waals surface area contributed by atoms with Crippen LogP contribution in [0.1, 0.15) is 34.9 Å². The van der Waals surface area contributed by atoms with Gasteiger partial charge in [-0.05, 0) is 24.1 Å². The summed E-state index contributed by atoms with van der Waals surface area (Å²) in [6.07, 6.45) is 4.73. The van der Waals surface area contributed by atoms with Gasteiger partial charge in [0.25, 0.3) is 0 Å². The second kappa shape index (κ2) is 7.94. The van der Waals surface area contributed by atoms with E-state index >= 15 is 0 Å². The summed E-state index contributed by atoms with van der Waals surface area (Å²) < 4.78 is 27.5. The highest BCUT2D eigenvalue weighted by Gasteiger charge is 2.36. The van der Waals surface area contributed by atoms with E-state index in [1.165, 1.54) is 23.0 Å². The fourth-order valence-electron chi connectivity index (χ4n) is 4.51. The van der Waals surface area contributed by atoms with Crippen LogP contribution < -0.4 is 0 Å². The van der Waals surface area contributed by atoms with Gasteiger partial charge in [-0.1, -0.05) is 30.3 Å². The van der Waals surface area contributed by atoms with Gasteiger partial charge in [0, 0.05) is 68.7 Å². The molecule has 0 aliphatic carbocycles. The number of hydrogen-bond acceptors (Lipinski definition) is 5. The van der Waals surface area contributed by atoms with E-state index in [1.54, 1.807) is 22.6 Å². The van der Waals surface area contributed by atoms with Crippen LogP contribution in [0.2, 0.25) is 0 Å². The number of pyridine rings is 1. The molecule has 1 atom stereocenters. The molecule has 1 aromatic carbocycles. The van der Waals surface area contributed by atoms with Crippen LogP contribution in [0.3, 0.4) is 0 Å². The molecule has 0 amide bonds. The van der Waals surface area contributed by atoms with E-state index in [0.717, 1.165) is 38.2 Å². The number of fused-ring (bicyclic) bond motifs is 1. The topological polar surface area (TPSA) is 82.2 Å². The van der Waals surface area contributed by atoms with Crippen LogP contribution in [-0.4, -0.2) is 52.4 Å². The van der Waals surface area contributed by atoms with Crippen molar-refractivity contribution in [2.24, 2.45) is 0 Å². The molecule has 1 fully saturated rings. The van der Waals surface area contributed by atoms with Gasteiger partial charge in [-0.15, -0.1) is 0 Å². The van der Waals surface area contributed by atoms with E-state index in [4.69, 9.17) is 0 Å². The zero-order chi connectivity index (χ0) is 20.6. The fourth-order valence-corrected chi connectivity index (χ4v) is 5.97. The number of sulfonamides is 1. The molecule has 5 rings (SSSR count). The quantitative estimate of drug-likeness (QED) is 0.682. The summed E-state index contributed by atoms with van der Waals surface area (Å²) in [5, 5.41) is 7.84. The normalized spacial score (nSPS) is 20.3. The predicted octanol–water partition coefficient (Wildman–Crippen LogP) is 2.54. The van der Waals surface area contributed by atoms with Crippen molar-refractivity contribution in [2.75, 3.05) is 19.6 Å². The summed E-state index contributed by atoms with van der Waals surface area (Å²) in [6, 6.07) is 13.8. The van der Waals surface area contributed by atoms with Crippen LogP contribution in [-0.2, 0) is 29.5 Å². The van der Waals surface area contributed by atoms with E-state index in [1.807, 2.05) is 6.07 Å². The lowest BCUT2D eigenvalue weighted by Gasteiger charge is -2.27. The molecule has 156 valence electrons. The maximum atomic E-state index is 12.9. The Kier molecular flexibility index (Phi) is 5.14. The molecular weight excluding hydrogens is 398 g/mol. The molecule has 1 saturated heterocycles. The number of H-pyrrole nitrogens is 1. The first kappa shape index (κ1) is 19.4. The van der Waals surface area contributed by atoms with E-state index in [-0.39, 0.29) is 10.8 Å². The molecule has 0 spiro atoms. The third-order valence-electron chi connectivity index (χ3n) is 6.10. The Balaban J connectivity index is 1.32. The first-order chi connectivity index (χ1) is 14.6. The molecule has 30 heavy (non-hydrogen) atoms. The summed E-state index contributed by atoms with van der Waals surface area (Å²) in [6.45, 7) is 3.74. The molecule has 0 saturated carbocycles. The third-order valence-corrected chi connectivity index (χ3v) is 7.95. The summed E-state index contributed by atoms with van der Waals surface area (Å²) in [7, 11) is -3.51. The second-order valence-corrected chi connectivity index (χ2v) is 9.99. The lowest BCUT2D eigenvalue weighted by atomic mass is 9.96. The van der Waals surface area contributed by atoms with Gasteiger partial charge in [0.1, 0.15) is 4.90 Å².